The van der Waals surface area contributed by atoms with Crippen LogP contribution in [0.4, 0.5) is 16.5 Å². The van der Waals surface area contributed by atoms with E-state index in [1.54, 1.807) is 7.05 Å². The predicted octanol–water partition coefficient (Wildman–Crippen LogP) is 4.63. The SMILES string of the molecule is CNc1ccc(C(=O)Nc2nc(-c3cc(C)ccc3C)cs2)cc1[N+](=O)[O-]. The van der Waals surface area contributed by atoms with Gasteiger partial charge in [0.15, 0.2) is 5.13 Å². The third-order valence-corrected chi connectivity index (χ3v) is 4.88. The van der Waals surface area contributed by atoms with Gasteiger partial charge in [-0.15, -0.1) is 11.3 Å². The number of anilines is 2. The first-order chi connectivity index (χ1) is 12.9. The van der Waals surface area contributed by atoms with Crippen LogP contribution in [0.25, 0.3) is 11.3 Å². The number of thiazole rings is 1. The highest BCUT2D eigenvalue weighted by atomic mass is 32.1. The van der Waals surface area contributed by atoms with Crippen molar-refractivity contribution in [2.24, 2.45) is 0 Å². The number of carbonyl (C=O) groups excluding carboxylic acids is 1. The van der Waals surface area contributed by atoms with E-state index in [-0.39, 0.29) is 11.3 Å². The highest BCUT2D eigenvalue weighted by Crippen LogP contribution is 2.29. The number of amides is 1. The van der Waals surface area contributed by atoms with Gasteiger partial charge in [-0.25, -0.2) is 4.98 Å². The van der Waals surface area contributed by atoms with Crippen molar-refractivity contribution in [2.75, 3.05) is 17.7 Å². The average molecular weight is 382 g/mol. The number of benzene rings is 2. The molecule has 0 radical (unpaired) electrons. The largest absolute Gasteiger partial charge is 0.383 e. The Morgan fingerprint density at radius 2 is 1.96 bits per heavy atom. The molecule has 0 aliphatic heterocycles. The molecule has 8 heteroatoms. The van der Waals surface area contributed by atoms with E-state index in [9.17, 15) is 14.9 Å². The van der Waals surface area contributed by atoms with Crippen LogP contribution in [0.3, 0.4) is 0 Å². The zero-order valence-electron chi connectivity index (χ0n) is 15.1. The fourth-order valence-electron chi connectivity index (χ4n) is 2.67. The van der Waals surface area contributed by atoms with Crippen molar-refractivity contribution in [1.82, 2.24) is 4.98 Å². The van der Waals surface area contributed by atoms with E-state index in [0.29, 0.717) is 10.8 Å². The van der Waals surface area contributed by atoms with Crippen LogP contribution in [0.5, 0.6) is 0 Å². The van der Waals surface area contributed by atoms with Crippen molar-refractivity contribution in [1.29, 1.82) is 0 Å². The maximum absolute atomic E-state index is 12.5. The molecule has 0 saturated carbocycles. The molecule has 1 amide bonds. The Morgan fingerprint density at radius 1 is 1.19 bits per heavy atom. The molecule has 7 nitrogen and oxygen atoms in total. The van der Waals surface area contributed by atoms with Gasteiger partial charge in [0, 0.05) is 29.6 Å². The maximum atomic E-state index is 12.5. The summed E-state index contributed by atoms with van der Waals surface area (Å²) < 4.78 is 0. The molecule has 27 heavy (non-hydrogen) atoms. The highest BCUT2D eigenvalue weighted by Gasteiger charge is 2.18. The first kappa shape index (κ1) is 18.5. The Balaban J connectivity index is 1.83. The third kappa shape index (κ3) is 3.95. The van der Waals surface area contributed by atoms with Gasteiger partial charge in [0.1, 0.15) is 5.69 Å². The summed E-state index contributed by atoms with van der Waals surface area (Å²) in [6, 6.07) is 10.4. The van der Waals surface area contributed by atoms with Crippen molar-refractivity contribution in [3.05, 3.63) is 68.6 Å². The van der Waals surface area contributed by atoms with E-state index in [1.165, 1.54) is 29.5 Å². The van der Waals surface area contributed by atoms with Crippen LogP contribution in [-0.2, 0) is 0 Å². The van der Waals surface area contributed by atoms with Crippen LogP contribution in [0.2, 0.25) is 0 Å². The van der Waals surface area contributed by atoms with Gasteiger partial charge in [0.05, 0.1) is 10.6 Å². The van der Waals surface area contributed by atoms with Gasteiger partial charge in [0.2, 0.25) is 0 Å². The highest BCUT2D eigenvalue weighted by molar-refractivity contribution is 7.14. The number of hydrogen-bond donors (Lipinski definition) is 2. The smallest absolute Gasteiger partial charge is 0.293 e. The first-order valence-corrected chi connectivity index (χ1v) is 9.07. The van der Waals surface area contributed by atoms with Crippen LogP contribution in [0, 0.1) is 24.0 Å². The minimum Gasteiger partial charge on any atom is -0.383 e. The molecule has 3 rings (SSSR count). The Kier molecular flexibility index (Phi) is 5.18. The number of rotatable bonds is 5. The van der Waals surface area contributed by atoms with Crippen molar-refractivity contribution >= 4 is 33.8 Å². The Hall–Kier alpha value is -3.26. The lowest BCUT2D eigenvalue weighted by atomic mass is 10.0. The number of aryl methyl sites for hydroxylation is 2. The van der Waals surface area contributed by atoms with Crippen LogP contribution < -0.4 is 10.6 Å². The van der Waals surface area contributed by atoms with Crippen molar-refractivity contribution < 1.29 is 9.72 Å². The van der Waals surface area contributed by atoms with Crippen LogP contribution >= 0.6 is 11.3 Å². The molecule has 0 spiro atoms. The molecular formula is C19H18N4O3S. The van der Waals surface area contributed by atoms with Gasteiger partial charge in [-0.1, -0.05) is 17.7 Å². The number of hydrogen-bond acceptors (Lipinski definition) is 6. The predicted molar refractivity (Wildman–Crippen MR) is 108 cm³/mol. The van der Waals surface area contributed by atoms with Crippen molar-refractivity contribution in [2.45, 2.75) is 13.8 Å². The second-order valence-electron chi connectivity index (χ2n) is 6.05. The fourth-order valence-corrected chi connectivity index (χ4v) is 3.38. The molecule has 0 aliphatic rings. The van der Waals surface area contributed by atoms with Crippen molar-refractivity contribution in [3.8, 4) is 11.3 Å². The second-order valence-corrected chi connectivity index (χ2v) is 6.91. The molecule has 0 atom stereocenters. The summed E-state index contributed by atoms with van der Waals surface area (Å²) in [7, 11) is 1.59. The zero-order valence-corrected chi connectivity index (χ0v) is 15.9. The molecule has 138 valence electrons. The number of nitrogens with zero attached hydrogens (tertiary/aromatic N) is 2. The van der Waals surface area contributed by atoms with E-state index >= 15 is 0 Å². The van der Waals surface area contributed by atoms with Crippen LogP contribution in [0.15, 0.2) is 41.8 Å². The number of carbonyl (C=O) groups is 1. The quantitative estimate of drug-likeness (QED) is 0.495. The fraction of sp³-hybridized carbons (Fsp3) is 0.158. The zero-order chi connectivity index (χ0) is 19.6. The average Bonchev–Trinajstić information content (AvgIpc) is 3.11. The third-order valence-electron chi connectivity index (χ3n) is 4.12. The molecule has 2 aromatic carbocycles. The summed E-state index contributed by atoms with van der Waals surface area (Å²) in [6.45, 7) is 4.02. The number of nitro benzene ring substituents is 1. The topological polar surface area (TPSA) is 97.2 Å². The van der Waals surface area contributed by atoms with Gasteiger partial charge in [-0.3, -0.25) is 20.2 Å². The molecule has 0 unspecified atom stereocenters. The van der Waals surface area contributed by atoms with Gasteiger partial charge in [0.25, 0.3) is 11.6 Å². The Bertz CT molecular complexity index is 1030. The monoisotopic (exact) mass is 382 g/mol. The molecule has 0 saturated heterocycles. The van der Waals surface area contributed by atoms with E-state index in [2.05, 4.69) is 21.7 Å². The molecule has 0 bridgehead atoms. The summed E-state index contributed by atoms with van der Waals surface area (Å²) in [5, 5.41) is 18.9. The first-order valence-electron chi connectivity index (χ1n) is 8.19. The Morgan fingerprint density at radius 3 is 2.67 bits per heavy atom. The summed E-state index contributed by atoms with van der Waals surface area (Å²) >= 11 is 1.31. The molecule has 2 N–H and O–H groups in total. The van der Waals surface area contributed by atoms with E-state index in [4.69, 9.17) is 0 Å². The van der Waals surface area contributed by atoms with Crippen molar-refractivity contribution in [3.63, 3.8) is 0 Å². The van der Waals surface area contributed by atoms with Gasteiger partial charge in [-0.2, -0.15) is 0 Å². The number of nitrogens with one attached hydrogen (secondary N) is 2. The lowest BCUT2D eigenvalue weighted by molar-refractivity contribution is -0.384. The molecular weight excluding hydrogens is 364 g/mol. The minimum atomic E-state index is -0.523. The molecule has 3 aromatic rings. The summed E-state index contributed by atoms with van der Waals surface area (Å²) in [5.74, 6) is -0.442. The van der Waals surface area contributed by atoms with Gasteiger partial charge < -0.3 is 5.32 Å². The summed E-state index contributed by atoms with van der Waals surface area (Å²) in [5.41, 5.74) is 4.43. The maximum Gasteiger partial charge on any atom is 0.293 e. The van der Waals surface area contributed by atoms with Gasteiger partial charge >= 0.3 is 0 Å². The van der Waals surface area contributed by atoms with Crippen LogP contribution in [0.1, 0.15) is 21.5 Å². The van der Waals surface area contributed by atoms with Crippen LogP contribution in [-0.4, -0.2) is 22.9 Å². The molecule has 0 aliphatic carbocycles. The van der Waals surface area contributed by atoms with E-state index in [1.807, 2.05) is 31.4 Å². The standard InChI is InChI=1S/C19H18N4O3S/c1-11-4-5-12(2)14(8-11)16-10-27-19(21-16)22-18(24)13-6-7-15(20-3)17(9-13)23(25)26/h4-10,20H,1-3H3,(H,21,22,24). The van der Waals surface area contributed by atoms with Gasteiger partial charge in [-0.05, 0) is 37.6 Å². The van der Waals surface area contributed by atoms with E-state index in [0.717, 1.165) is 22.4 Å². The summed E-state index contributed by atoms with van der Waals surface area (Å²) in [4.78, 5) is 27.6. The molecule has 1 heterocycles. The normalized spacial score (nSPS) is 10.5. The molecule has 0 fully saturated rings. The second kappa shape index (κ2) is 7.55. The lowest BCUT2D eigenvalue weighted by Gasteiger charge is -2.06. The lowest BCUT2D eigenvalue weighted by Crippen LogP contribution is -2.12. The number of nitro groups is 1. The Labute approximate surface area is 160 Å². The van der Waals surface area contributed by atoms with E-state index < -0.39 is 10.8 Å². The molecule has 1 aromatic heterocycles. The minimum absolute atomic E-state index is 0.152. The number of aromatic nitrogens is 1. The summed E-state index contributed by atoms with van der Waals surface area (Å²) in [6.07, 6.45) is 0.